The molecule has 2 aromatic carbocycles. The quantitative estimate of drug-likeness (QED) is 0.712. The normalized spacial score (nSPS) is 11.6. The Balaban J connectivity index is 1.72. The molecule has 0 saturated carbocycles. The maximum atomic E-state index is 12.5. The van der Waals surface area contributed by atoms with Crippen molar-refractivity contribution in [2.24, 2.45) is 7.05 Å². The SMILES string of the molecule is C[C@@H](OC(=O)c1cccn1C)C(=O)Nc1ccccc1-c1ccccc1. The van der Waals surface area contributed by atoms with Crippen LogP contribution >= 0.6 is 0 Å². The Bertz CT molecular complexity index is 916. The Labute approximate surface area is 152 Å². The first kappa shape index (κ1) is 17.5. The number of carbonyl (C=O) groups excluding carboxylic acids is 2. The van der Waals surface area contributed by atoms with Crippen molar-refractivity contribution in [2.75, 3.05) is 5.32 Å². The molecule has 0 unspecified atom stereocenters. The van der Waals surface area contributed by atoms with Crippen LogP contribution in [0, 0.1) is 0 Å². The van der Waals surface area contributed by atoms with E-state index in [1.54, 1.807) is 36.9 Å². The second-order valence-corrected chi connectivity index (χ2v) is 5.95. The van der Waals surface area contributed by atoms with Crippen LogP contribution in [0.5, 0.6) is 0 Å². The Hall–Kier alpha value is -3.34. The van der Waals surface area contributed by atoms with Crippen LogP contribution in [0.4, 0.5) is 5.69 Å². The van der Waals surface area contributed by atoms with Gasteiger partial charge in [0.25, 0.3) is 5.91 Å². The molecule has 0 bridgehead atoms. The Kier molecular flexibility index (Phi) is 5.17. The molecular formula is C21H20N2O3. The number of hydrogen-bond donors (Lipinski definition) is 1. The molecule has 5 nitrogen and oxygen atoms in total. The number of esters is 1. The zero-order valence-electron chi connectivity index (χ0n) is 14.7. The number of benzene rings is 2. The van der Waals surface area contributed by atoms with Crippen molar-refractivity contribution >= 4 is 17.6 Å². The number of hydrogen-bond acceptors (Lipinski definition) is 3. The molecule has 0 spiro atoms. The first-order valence-corrected chi connectivity index (χ1v) is 8.34. The summed E-state index contributed by atoms with van der Waals surface area (Å²) < 4.78 is 6.93. The fraction of sp³-hybridized carbons (Fsp3) is 0.143. The van der Waals surface area contributed by atoms with E-state index in [0.29, 0.717) is 11.4 Å². The maximum Gasteiger partial charge on any atom is 0.355 e. The molecule has 0 aliphatic rings. The van der Waals surface area contributed by atoms with Gasteiger partial charge in [-0.15, -0.1) is 0 Å². The third kappa shape index (κ3) is 3.83. The Morgan fingerprint density at radius 3 is 2.35 bits per heavy atom. The van der Waals surface area contributed by atoms with E-state index in [2.05, 4.69) is 5.32 Å². The van der Waals surface area contributed by atoms with Crippen molar-refractivity contribution in [3.05, 3.63) is 78.6 Å². The predicted octanol–water partition coefficient (Wildman–Crippen LogP) is 3.88. The number of aryl methyl sites for hydroxylation is 1. The summed E-state index contributed by atoms with van der Waals surface area (Å²) in [6.07, 6.45) is 0.832. The van der Waals surface area contributed by atoms with Crippen LogP contribution in [-0.2, 0) is 16.6 Å². The standard InChI is InChI=1S/C21H20N2O3/c1-15(26-21(25)19-13-8-14-23(19)2)20(24)22-18-12-7-6-11-17(18)16-9-4-3-5-10-16/h3-15H,1-2H3,(H,22,24)/t15-/m1/s1. The van der Waals surface area contributed by atoms with Gasteiger partial charge in [0, 0.05) is 24.5 Å². The van der Waals surface area contributed by atoms with Gasteiger partial charge in [0.1, 0.15) is 5.69 Å². The molecule has 3 aromatic rings. The average Bonchev–Trinajstić information content (AvgIpc) is 3.09. The lowest BCUT2D eigenvalue weighted by Crippen LogP contribution is -2.30. The molecule has 1 aromatic heterocycles. The fourth-order valence-electron chi connectivity index (χ4n) is 2.64. The van der Waals surface area contributed by atoms with E-state index in [1.807, 2.05) is 54.6 Å². The highest BCUT2D eigenvalue weighted by Gasteiger charge is 2.21. The van der Waals surface area contributed by atoms with Gasteiger partial charge in [-0.25, -0.2) is 4.79 Å². The minimum absolute atomic E-state index is 0.379. The summed E-state index contributed by atoms with van der Waals surface area (Å²) in [5, 5.41) is 2.85. The molecule has 0 fully saturated rings. The van der Waals surface area contributed by atoms with E-state index in [4.69, 9.17) is 4.74 Å². The van der Waals surface area contributed by atoms with E-state index in [1.165, 1.54) is 0 Å². The van der Waals surface area contributed by atoms with Gasteiger partial charge in [-0.05, 0) is 30.7 Å². The molecule has 5 heteroatoms. The van der Waals surface area contributed by atoms with Gasteiger partial charge in [-0.1, -0.05) is 48.5 Å². The van der Waals surface area contributed by atoms with Crippen LogP contribution in [-0.4, -0.2) is 22.5 Å². The zero-order valence-corrected chi connectivity index (χ0v) is 14.7. The van der Waals surface area contributed by atoms with Gasteiger partial charge in [0.2, 0.25) is 0 Å². The van der Waals surface area contributed by atoms with Crippen LogP contribution in [0.25, 0.3) is 11.1 Å². The van der Waals surface area contributed by atoms with E-state index >= 15 is 0 Å². The van der Waals surface area contributed by atoms with Crippen LogP contribution in [0.15, 0.2) is 72.9 Å². The first-order chi connectivity index (χ1) is 12.6. The molecule has 1 amide bonds. The topological polar surface area (TPSA) is 60.3 Å². The molecule has 0 aliphatic heterocycles. The lowest BCUT2D eigenvalue weighted by Gasteiger charge is -2.16. The lowest BCUT2D eigenvalue weighted by atomic mass is 10.0. The number of anilines is 1. The lowest BCUT2D eigenvalue weighted by molar-refractivity contribution is -0.123. The fourth-order valence-corrected chi connectivity index (χ4v) is 2.64. The van der Waals surface area contributed by atoms with Crippen LogP contribution < -0.4 is 5.32 Å². The molecule has 0 saturated heterocycles. The summed E-state index contributed by atoms with van der Waals surface area (Å²) in [5.41, 5.74) is 2.97. The van der Waals surface area contributed by atoms with Crippen molar-refractivity contribution in [3.8, 4) is 11.1 Å². The molecule has 1 heterocycles. The summed E-state index contributed by atoms with van der Waals surface area (Å²) in [5.74, 6) is -0.910. The largest absolute Gasteiger partial charge is 0.448 e. The highest BCUT2D eigenvalue weighted by molar-refractivity contribution is 5.99. The van der Waals surface area contributed by atoms with Crippen molar-refractivity contribution in [3.63, 3.8) is 0 Å². The predicted molar refractivity (Wildman–Crippen MR) is 101 cm³/mol. The number of carbonyl (C=O) groups is 2. The Morgan fingerprint density at radius 2 is 1.65 bits per heavy atom. The third-order valence-corrected chi connectivity index (χ3v) is 4.08. The summed E-state index contributed by atoms with van der Waals surface area (Å²) in [4.78, 5) is 24.7. The van der Waals surface area contributed by atoms with Gasteiger partial charge < -0.3 is 14.6 Å². The highest BCUT2D eigenvalue weighted by Crippen LogP contribution is 2.27. The zero-order chi connectivity index (χ0) is 18.5. The average molecular weight is 348 g/mol. The van der Waals surface area contributed by atoms with Gasteiger partial charge in [-0.2, -0.15) is 0 Å². The van der Waals surface area contributed by atoms with E-state index < -0.39 is 12.1 Å². The molecule has 0 aliphatic carbocycles. The highest BCUT2D eigenvalue weighted by atomic mass is 16.5. The summed E-state index contributed by atoms with van der Waals surface area (Å²) >= 11 is 0. The van der Waals surface area contributed by atoms with Gasteiger partial charge in [-0.3, -0.25) is 4.79 Å². The molecular weight excluding hydrogens is 328 g/mol. The summed E-state index contributed by atoms with van der Waals surface area (Å²) in [7, 11) is 1.75. The smallest absolute Gasteiger partial charge is 0.355 e. The van der Waals surface area contributed by atoms with Gasteiger partial charge in [0.05, 0.1) is 0 Å². The van der Waals surface area contributed by atoms with Crippen LogP contribution in [0.2, 0.25) is 0 Å². The number of rotatable bonds is 5. The number of nitrogens with zero attached hydrogens (tertiary/aromatic N) is 1. The second kappa shape index (κ2) is 7.70. The second-order valence-electron chi connectivity index (χ2n) is 5.95. The summed E-state index contributed by atoms with van der Waals surface area (Å²) in [6.45, 7) is 1.56. The van der Waals surface area contributed by atoms with Crippen molar-refractivity contribution < 1.29 is 14.3 Å². The minimum Gasteiger partial charge on any atom is -0.448 e. The minimum atomic E-state index is -0.916. The monoisotopic (exact) mass is 348 g/mol. The molecule has 3 rings (SSSR count). The molecule has 26 heavy (non-hydrogen) atoms. The van der Waals surface area contributed by atoms with Crippen molar-refractivity contribution in [1.29, 1.82) is 0 Å². The first-order valence-electron chi connectivity index (χ1n) is 8.34. The van der Waals surface area contributed by atoms with Crippen molar-refractivity contribution in [2.45, 2.75) is 13.0 Å². The molecule has 1 N–H and O–H groups in total. The molecule has 132 valence electrons. The van der Waals surface area contributed by atoms with E-state index in [9.17, 15) is 9.59 Å². The number of ether oxygens (including phenoxy) is 1. The molecule has 1 atom stereocenters. The number of para-hydroxylation sites is 1. The number of amides is 1. The van der Waals surface area contributed by atoms with Crippen LogP contribution in [0.1, 0.15) is 17.4 Å². The summed E-state index contributed by atoms with van der Waals surface area (Å²) in [6, 6.07) is 20.7. The molecule has 0 radical (unpaired) electrons. The van der Waals surface area contributed by atoms with E-state index in [-0.39, 0.29) is 5.91 Å². The van der Waals surface area contributed by atoms with Gasteiger partial charge in [0.15, 0.2) is 6.10 Å². The van der Waals surface area contributed by atoms with Crippen molar-refractivity contribution in [1.82, 2.24) is 4.57 Å². The third-order valence-electron chi connectivity index (χ3n) is 4.08. The van der Waals surface area contributed by atoms with Crippen LogP contribution in [0.3, 0.4) is 0 Å². The van der Waals surface area contributed by atoms with Gasteiger partial charge >= 0.3 is 5.97 Å². The number of aromatic nitrogens is 1. The Morgan fingerprint density at radius 1 is 0.962 bits per heavy atom. The van der Waals surface area contributed by atoms with E-state index in [0.717, 1.165) is 11.1 Å². The number of nitrogens with one attached hydrogen (secondary N) is 1. The maximum absolute atomic E-state index is 12.5.